The molecule has 0 fully saturated rings. The maximum atomic E-state index is 5.50. The highest BCUT2D eigenvalue weighted by Crippen LogP contribution is 2.28. The Morgan fingerprint density at radius 2 is 2.14 bits per heavy atom. The highest BCUT2D eigenvalue weighted by Gasteiger charge is 2.08. The lowest BCUT2D eigenvalue weighted by molar-refractivity contribution is 0.852. The average molecular weight is 208 g/mol. The van der Waals surface area contributed by atoms with Crippen LogP contribution in [-0.2, 0) is 0 Å². The van der Waals surface area contributed by atoms with Crippen LogP contribution in [0.25, 0.3) is 10.6 Å². The zero-order chi connectivity index (χ0) is 10.1. The quantitative estimate of drug-likeness (QED) is 0.795. The van der Waals surface area contributed by atoms with E-state index in [0.29, 0.717) is 11.9 Å². The molecule has 4 nitrogen and oxygen atoms in total. The van der Waals surface area contributed by atoms with Crippen molar-refractivity contribution in [2.24, 2.45) is 0 Å². The van der Waals surface area contributed by atoms with Crippen molar-refractivity contribution < 1.29 is 0 Å². The number of aromatic nitrogens is 3. The summed E-state index contributed by atoms with van der Waals surface area (Å²) in [5, 5.41) is 1.13. The van der Waals surface area contributed by atoms with Crippen molar-refractivity contribution in [2.75, 3.05) is 5.73 Å². The first-order valence-electron chi connectivity index (χ1n) is 4.43. The zero-order valence-electron chi connectivity index (χ0n) is 8.11. The van der Waals surface area contributed by atoms with Gasteiger partial charge in [0.15, 0.2) is 5.95 Å². The zero-order valence-corrected chi connectivity index (χ0v) is 8.93. The summed E-state index contributed by atoms with van der Waals surface area (Å²) in [6.07, 6.45) is 3.58. The van der Waals surface area contributed by atoms with Crippen LogP contribution >= 0.6 is 11.3 Å². The van der Waals surface area contributed by atoms with Crippen LogP contribution < -0.4 is 5.73 Å². The number of nitrogen functional groups attached to an aromatic ring is 1. The first-order chi connectivity index (χ1) is 6.66. The standard InChI is InChI=1S/C9H12N4S/c1-5(2)8-11-4-7(14-8)6-3-12-9(10)13-6/h3-5H,1-2H3,(H3,10,12,13). The predicted molar refractivity (Wildman–Crippen MR) is 58.2 cm³/mol. The van der Waals surface area contributed by atoms with E-state index in [1.165, 1.54) is 0 Å². The Hall–Kier alpha value is -1.36. The first-order valence-corrected chi connectivity index (χ1v) is 5.25. The van der Waals surface area contributed by atoms with Gasteiger partial charge in [-0.05, 0) is 0 Å². The van der Waals surface area contributed by atoms with Crippen LogP contribution in [0.5, 0.6) is 0 Å². The number of H-pyrrole nitrogens is 1. The number of nitrogens with zero attached hydrogens (tertiary/aromatic N) is 2. The van der Waals surface area contributed by atoms with Crippen molar-refractivity contribution in [2.45, 2.75) is 19.8 Å². The molecule has 0 saturated carbocycles. The minimum atomic E-state index is 0.444. The highest BCUT2D eigenvalue weighted by molar-refractivity contribution is 7.15. The summed E-state index contributed by atoms with van der Waals surface area (Å²) in [6, 6.07) is 0. The maximum Gasteiger partial charge on any atom is 0.197 e. The van der Waals surface area contributed by atoms with Crippen LogP contribution in [0, 0.1) is 0 Å². The van der Waals surface area contributed by atoms with Gasteiger partial charge in [0.1, 0.15) is 0 Å². The lowest BCUT2D eigenvalue weighted by Crippen LogP contribution is -1.84. The molecule has 0 atom stereocenters. The minimum absolute atomic E-state index is 0.444. The Morgan fingerprint density at radius 1 is 1.36 bits per heavy atom. The number of hydrogen-bond donors (Lipinski definition) is 2. The Morgan fingerprint density at radius 3 is 2.64 bits per heavy atom. The number of thiazole rings is 1. The summed E-state index contributed by atoms with van der Waals surface area (Å²) < 4.78 is 0. The second kappa shape index (κ2) is 3.42. The van der Waals surface area contributed by atoms with Gasteiger partial charge in [0, 0.05) is 12.1 Å². The van der Waals surface area contributed by atoms with Crippen LogP contribution in [-0.4, -0.2) is 15.0 Å². The van der Waals surface area contributed by atoms with Crippen molar-refractivity contribution in [3.63, 3.8) is 0 Å². The van der Waals surface area contributed by atoms with E-state index in [1.54, 1.807) is 17.5 Å². The van der Waals surface area contributed by atoms with Gasteiger partial charge in [0.2, 0.25) is 0 Å². The van der Waals surface area contributed by atoms with Gasteiger partial charge in [0.05, 0.1) is 21.8 Å². The Bertz CT molecular complexity index is 429. The summed E-state index contributed by atoms with van der Waals surface area (Å²) in [6.45, 7) is 4.26. The summed E-state index contributed by atoms with van der Waals surface area (Å²) >= 11 is 1.67. The predicted octanol–water partition coefficient (Wildman–Crippen LogP) is 2.24. The summed E-state index contributed by atoms with van der Waals surface area (Å²) in [5.41, 5.74) is 6.44. The van der Waals surface area contributed by atoms with Crippen molar-refractivity contribution in [1.82, 2.24) is 15.0 Å². The molecule has 2 aromatic heterocycles. The molecule has 14 heavy (non-hydrogen) atoms. The van der Waals surface area contributed by atoms with Crippen LogP contribution in [0.15, 0.2) is 12.4 Å². The van der Waals surface area contributed by atoms with Gasteiger partial charge in [0.25, 0.3) is 0 Å². The molecule has 0 amide bonds. The van der Waals surface area contributed by atoms with E-state index in [2.05, 4.69) is 28.8 Å². The SMILES string of the molecule is CC(C)c1ncc(-c2cnc(N)[nH]2)s1. The number of nitrogens with two attached hydrogens (primary N) is 1. The lowest BCUT2D eigenvalue weighted by atomic mass is 10.2. The van der Waals surface area contributed by atoms with Crippen LogP contribution in [0.3, 0.4) is 0 Å². The summed E-state index contributed by atoms with van der Waals surface area (Å²) in [5.74, 6) is 0.911. The molecular formula is C9H12N4S. The molecule has 2 heterocycles. The molecule has 3 N–H and O–H groups in total. The van der Waals surface area contributed by atoms with Crippen LogP contribution in [0.4, 0.5) is 5.95 Å². The summed E-state index contributed by atoms with van der Waals surface area (Å²) in [7, 11) is 0. The number of rotatable bonds is 2. The molecule has 0 aliphatic carbocycles. The molecule has 0 unspecified atom stereocenters. The second-order valence-electron chi connectivity index (χ2n) is 3.40. The van der Waals surface area contributed by atoms with Crippen molar-refractivity contribution in [3.05, 3.63) is 17.4 Å². The van der Waals surface area contributed by atoms with Gasteiger partial charge < -0.3 is 10.7 Å². The van der Waals surface area contributed by atoms with Gasteiger partial charge in [-0.1, -0.05) is 13.8 Å². The molecule has 2 aromatic rings. The number of hydrogen-bond acceptors (Lipinski definition) is 4. The Balaban J connectivity index is 2.33. The topological polar surface area (TPSA) is 67.6 Å². The molecule has 2 rings (SSSR count). The largest absolute Gasteiger partial charge is 0.369 e. The second-order valence-corrected chi connectivity index (χ2v) is 4.46. The van der Waals surface area contributed by atoms with Gasteiger partial charge in [-0.15, -0.1) is 11.3 Å². The molecule has 5 heteroatoms. The van der Waals surface area contributed by atoms with Gasteiger partial charge in [-0.3, -0.25) is 0 Å². The fourth-order valence-corrected chi connectivity index (χ4v) is 2.03. The van der Waals surface area contributed by atoms with Crippen molar-refractivity contribution in [1.29, 1.82) is 0 Å². The third-order valence-electron chi connectivity index (χ3n) is 1.88. The average Bonchev–Trinajstić information content (AvgIpc) is 2.70. The molecule has 0 bridgehead atoms. The monoisotopic (exact) mass is 208 g/mol. The first kappa shape index (κ1) is 9.21. The molecule has 0 saturated heterocycles. The van der Waals surface area contributed by atoms with E-state index in [9.17, 15) is 0 Å². The van der Waals surface area contributed by atoms with E-state index in [1.807, 2.05) is 6.20 Å². The number of imidazole rings is 1. The molecule has 0 spiro atoms. The normalized spacial score (nSPS) is 11.1. The van der Waals surface area contributed by atoms with E-state index < -0.39 is 0 Å². The van der Waals surface area contributed by atoms with Gasteiger partial charge in [-0.2, -0.15) is 0 Å². The molecule has 0 aliphatic heterocycles. The fraction of sp³-hybridized carbons (Fsp3) is 0.333. The van der Waals surface area contributed by atoms with Crippen molar-refractivity contribution in [3.8, 4) is 10.6 Å². The Kier molecular flexibility index (Phi) is 2.25. The van der Waals surface area contributed by atoms with E-state index in [0.717, 1.165) is 15.6 Å². The smallest absolute Gasteiger partial charge is 0.197 e. The Labute approximate surface area is 86.2 Å². The molecule has 74 valence electrons. The third-order valence-corrected chi connectivity index (χ3v) is 3.21. The molecule has 0 aliphatic rings. The molecule has 0 radical (unpaired) electrons. The highest BCUT2D eigenvalue weighted by atomic mass is 32.1. The van der Waals surface area contributed by atoms with E-state index in [4.69, 9.17) is 5.73 Å². The summed E-state index contributed by atoms with van der Waals surface area (Å²) in [4.78, 5) is 12.3. The van der Waals surface area contributed by atoms with Crippen molar-refractivity contribution >= 4 is 17.3 Å². The molecular weight excluding hydrogens is 196 g/mol. The van der Waals surface area contributed by atoms with Gasteiger partial charge in [-0.25, -0.2) is 9.97 Å². The molecule has 0 aromatic carbocycles. The lowest BCUT2D eigenvalue weighted by Gasteiger charge is -1.95. The third kappa shape index (κ3) is 1.63. The number of nitrogens with one attached hydrogen (secondary N) is 1. The van der Waals surface area contributed by atoms with E-state index >= 15 is 0 Å². The number of aromatic amines is 1. The van der Waals surface area contributed by atoms with Crippen LogP contribution in [0.2, 0.25) is 0 Å². The maximum absolute atomic E-state index is 5.50. The van der Waals surface area contributed by atoms with Gasteiger partial charge >= 0.3 is 0 Å². The fourth-order valence-electron chi connectivity index (χ4n) is 1.14. The van der Waals surface area contributed by atoms with Crippen LogP contribution in [0.1, 0.15) is 24.8 Å². The van der Waals surface area contributed by atoms with E-state index in [-0.39, 0.29) is 0 Å². The minimum Gasteiger partial charge on any atom is -0.369 e. The number of anilines is 1.